The van der Waals surface area contributed by atoms with Crippen molar-refractivity contribution in [2.75, 3.05) is 34.2 Å². The van der Waals surface area contributed by atoms with E-state index in [2.05, 4.69) is 20.9 Å². The van der Waals surface area contributed by atoms with Crippen molar-refractivity contribution in [3.8, 4) is 0 Å². The van der Waals surface area contributed by atoms with Crippen LogP contribution in [0.25, 0.3) is 11.1 Å². The normalized spacial score (nSPS) is 12.2. The number of aromatic nitrogens is 1. The minimum absolute atomic E-state index is 0.252. The van der Waals surface area contributed by atoms with Gasteiger partial charge in [0.15, 0.2) is 5.58 Å². The molecule has 2 heterocycles. The lowest BCUT2D eigenvalue weighted by Gasteiger charge is -2.10. The van der Waals surface area contributed by atoms with E-state index < -0.39 is 11.9 Å². The van der Waals surface area contributed by atoms with Gasteiger partial charge in [-0.2, -0.15) is 0 Å². The summed E-state index contributed by atoms with van der Waals surface area (Å²) in [6, 6.07) is 2.33. The molecule has 0 aliphatic rings. The average molecular weight is 347 g/mol. The molecule has 0 saturated carbocycles. The number of imide groups is 1. The lowest BCUT2D eigenvalue weighted by Crippen LogP contribution is -2.34. The summed E-state index contributed by atoms with van der Waals surface area (Å²) in [5.74, 6) is -0.495. The fourth-order valence-corrected chi connectivity index (χ4v) is 2.24. The van der Waals surface area contributed by atoms with Crippen LogP contribution < -0.4 is 16.0 Å². The smallest absolute Gasteiger partial charge is 0.253 e. The first-order chi connectivity index (χ1) is 12.0. The maximum atomic E-state index is 12.1. The zero-order valence-corrected chi connectivity index (χ0v) is 14.3. The largest absolute Gasteiger partial charge is 0.457 e. The molecule has 25 heavy (non-hydrogen) atoms. The highest BCUT2D eigenvalue weighted by Crippen LogP contribution is 2.23. The predicted molar refractivity (Wildman–Crippen MR) is 90.9 cm³/mol. The third-order valence-electron chi connectivity index (χ3n) is 3.53. The average Bonchev–Trinajstić information content (AvgIpc) is 2.97. The number of nitrogens with zero attached hydrogens (tertiary/aromatic N) is 2. The van der Waals surface area contributed by atoms with Crippen molar-refractivity contribution in [2.24, 2.45) is 0 Å². The van der Waals surface area contributed by atoms with Crippen LogP contribution in [-0.2, 0) is 9.59 Å². The number of pyridine rings is 1. The van der Waals surface area contributed by atoms with Crippen LogP contribution in [0.15, 0.2) is 22.7 Å². The Morgan fingerprint density at radius 3 is 2.76 bits per heavy atom. The van der Waals surface area contributed by atoms with Gasteiger partial charge in [0.2, 0.25) is 6.41 Å². The second-order valence-electron chi connectivity index (χ2n) is 5.66. The first kappa shape index (κ1) is 18.6. The summed E-state index contributed by atoms with van der Waals surface area (Å²) in [6.45, 7) is 1.24. The molecule has 2 aromatic heterocycles. The number of rotatable bonds is 8. The molecule has 3 N–H and O–H groups in total. The fraction of sp³-hybridized carbons (Fsp3) is 0.375. The van der Waals surface area contributed by atoms with Crippen LogP contribution in [0.1, 0.15) is 22.2 Å². The quantitative estimate of drug-likeness (QED) is 0.559. The summed E-state index contributed by atoms with van der Waals surface area (Å²) >= 11 is 0. The van der Waals surface area contributed by atoms with Gasteiger partial charge in [0.25, 0.3) is 11.8 Å². The number of furan rings is 1. The lowest BCUT2D eigenvalue weighted by atomic mass is 10.2. The summed E-state index contributed by atoms with van der Waals surface area (Å²) in [7, 11) is 5.41. The van der Waals surface area contributed by atoms with E-state index in [4.69, 9.17) is 4.42 Å². The van der Waals surface area contributed by atoms with E-state index in [0.29, 0.717) is 35.4 Å². The van der Waals surface area contributed by atoms with Crippen LogP contribution >= 0.6 is 0 Å². The molecule has 2 rings (SSSR count). The van der Waals surface area contributed by atoms with Gasteiger partial charge in [-0.15, -0.1) is 0 Å². The van der Waals surface area contributed by atoms with E-state index in [1.54, 1.807) is 19.2 Å². The van der Waals surface area contributed by atoms with Crippen molar-refractivity contribution in [3.05, 3.63) is 29.7 Å². The Morgan fingerprint density at radius 1 is 1.36 bits per heavy atom. The molecule has 0 radical (unpaired) electrons. The predicted octanol–water partition coefficient (Wildman–Crippen LogP) is -0.348. The Morgan fingerprint density at radius 2 is 2.12 bits per heavy atom. The van der Waals surface area contributed by atoms with Gasteiger partial charge >= 0.3 is 0 Å². The monoisotopic (exact) mass is 347 g/mol. The van der Waals surface area contributed by atoms with Crippen LogP contribution in [0.2, 0.25) is 0 Å². The molecule has 9 heteroatoms. The third kappa shape index (κ3) is 4.61. The molecular formula is C16H21N5O4. The van der Waals surface area contributed by atoms with Crippen LogP contribution in [0.3, 0.4) is 0 Å². The van der Waals surface area contributed by atoms with E-state index in [1.165, 1.54) is 6.20 Å². The second kappa shape index (κ2) is 8.36. The molecule has 3 amide bonds. The second-order valence-corrected chi connectivity index (χ2v) is 5.66. The summed E-state index contributed by atoms with van der Waals surface area (Å²) in [5, 5.41) is 7.63. The van der Waals surface area contributed by atoms with Gasteiger partial charge in [-0.1, -0.05) is 0 Å². The number of carbonyl (C=O) groups is 3. The van der Waals surface area contributed by atoms with Crippen molar-refractivity contribution >= 4 is 29.3 Å². The van der Waals surface area contributed by atoms with Gasteiger partial charge in [0.05, 0.1) is 5.56 Å². The summed E-state index contributed by atoms with van der Waals surface area (Å²) < 4.78 is 5.63. The molecule has 1 atom stereocenters. The molecule has 1 unspecified atom stereocenters. The highest BCUT2D eigenvalue weighted by atomic mass is 16.3. The Bertz CT molecular complexity index is 771. The van der Waals surface area contributed by atoms with Crippen molar-refractivity contribution in [1.82, 2.24) is 25.8 Å². The van der Waals surface area contributed by atoms with Crippen molar-refractivity contribution in [2.45, 2.75) is 6.04 Å². The molecular weight excluding hydrogens is 326 g/mol. The Labute approximate surface area is 144 Å². The van der Waals surface area contributed by atoms with Gasteiger partial charge in [-0.05, 0) is 27.2 Å². The van der Waals surface area contributed by atoms with Crippen molar-refractivity contribution < 1.29 is 18.8 Å². The van der Waals surface area contributed by atoms with Gasteiger partial charge in [0.1, 0.15) is 17.3 Å². The lowest BCUT2D eigenvalue weighted by molar-refractivity contribution is -0.127. The number of hydrogen-bond donors (Lipinski definition) is 3. The standard InChI is InChI=1S/C16H21N5O4/c1-17-14(16(24)20-9-22)13-7-11-12(25-13)6-10(8-19-11)15(23)18-4-5-21(2)3/h6-9,14,17H,4-5H2,1-3H3,(H,18,23)(H,20,22,24). The summed E-state index contributed by atoms with van der Waals surface area (Å²) in [4.78, 5) is 40.6. The number of fused-ring (bicyclic) bond motifs is 1. The van der Waals surface area contributed by atoms with Gasteiger partial charge in [-0.25, -0.2) is 0 Å². The molecule has 0 fully saturated rings. The molecule has 0 spiro atoms. The van der Waals surface area contributed by atoms with Crippen LogP contribution in [0, 0.1) is 0 Å². The number of amides is 3. The van der Waals surface area contributed by atoms with Crippen molar-refractivity contribution in [1.29, 1.82) is 0 Å². The van der Waals surface area contributed by atoms with Crippen LogP contribution in [0.4, 0.5) is 0 Å². The van der Waals surface area contributed by atoms with Crippen LogP contribution in [0.5, 0.6) is 0 Å². The number of nitrogens with one attached hydrogen (secondary N) is 3. The number of likely N-dealkylation sites (N-methyl/N-ethyl adjacent to an activating group) is 2. The third-order valence-corrected chi connectivity index (χ3v) is 3.53. The van der Waals surface area contributed by atoms with E-state index in [9.17, 15) is 14.4 Å². The molecule has 0 aliphatic carbocycles. The van der Waals surface area contributed by atoms with Crippen LogP contribution in [-0.4, -0.2) is 62.3 Å². The summed E-state index contributed by atoms with van der Waals surface area (Å²) in [6.07, 6.45) is 1.76. The molecule has 2 aromatic rings. The fourth-order valence-electron chi connectivity index (χ4n) is 2.24. The molecule has 0 aromatic carbocycles. The molecule has 0 saturated heterocycles. The minimum atomic E-state index is -0.836. The zero-order chi connectivity index (χ0) is 18.4. The first-order valence-corrected chi connectivity index (χ1v) is 7.70. The number of hydrogen-bond acceptors (Lipinski definition) is 7. The van der Waals surface area contributed by atoms with Crippen molar-refractivity contribution in [3.63, 3.8) is 0 Å². The van der Waals surface area contributed by atoms with E-state index in [-0.39, 0.29) is 5.91 Å². The van der Waals surface area contributed by atoms with Gasteiger partial charge in [0, 0.05) is 25.4 Å². The Kier molecular flexibility index (Phi) is 6.20. The van der Waals surface area contributed by atoms with E-state index in [1.807, 2.05) is 19.0 Å². The molecule has 0 bridgehead atoms. The first-order valence-electron chi connectivity index (χ1n) is 7.70. The highest BCUT2D eigenvalue weighted by molar-refractivity contribution is 5.96. The molecule has 134 valence electrons. The van der Waals surface area contributed by atoms with Gasteiger partial charge < -0.3 is 20.0 Å². The minimum Gasteiger partial charge on any atom is -0.457 e. The highest BCUT2D eigenvalue weighted by Gasteiger charge is 2.23. The zero-order valence-electron chi connectivity index (χ0n) is 14.3. The van der Waals surface area contributed by atoms with E-state index >= 15 is 0 Å². The topological polar surface area (TPSA) is 117 Å². The Balaban J connectivity index is 2.19. The van der Waals surface area contributed by atoms with E-state index in [0.717, 1.165) is 6.54 Å². The maximum Gasteiger partial charge on any atom is 0.253 e. The molecule has 0 aliphatic heterocycles. The SMILES string of the molecule is CNC(C(=O)NC=O)c1cc2ncc(C(=O)NCCN(C)C)cc2o1. The molecule has 9 nitrogen and oxygen atoms in total. The Hall–Kier alpha value is -2.78. The maximum absolute atomic E-state index is 12.1. The summed E-state index contributed by atoms with van der Waals surface area (Å²) in [5.41, 5.74) is 1.26. The van der Waals surface area contributed by atoms with Gasteiger partial charge in [-0.3, -0.25) is 24.7 Å². The number of carbonyl (C=O) groups excluding carboxylic acids is 3.